The minimum Gasteiger partial charge on any atom is -0.427 e. The minimum absolute atomic E-state index is 0. The molecule has 122 valence electrons. The van der Waals surface area contributed by atoms with Crippen LogP contribution in [0.5, 0.6) is 0 Å². The first-order chi connectivity index (χ1) is 8.04. The fourth-order valence-electron chi connectivity index (χ4n) is 0.974. The van der Waals surface area contributed by atoms with E-state index >= 15 is 0 Å². The lowest BCUT2D eigenvalue weighted by Crippen LogP contribution is -2.36. The maximum Gasteiger partial charge on any atom is 0.333 e. The summed E-state index contributed by atoms with van der Waals surface area (Å²) >= 11 is 0. The highest BCUT2D eigenvalue weighted by Crippen LogP contribution is 2.03. The monoisotopic (exact) mass is 303 g/mol. The second kappa shape index (κ2) is 12.6. The number of amides is 2. The molecule has 1 heterocycles. The fourth-order valence-corrected chi connectivity index (χ4v) is 0.974. The van der Waals surface area contributed by atoms with Crippen molar-refractivity contribution in [3.05, 3.63) is 24.8 Å². The molecule has 0 aromatic rings. The highest BCUT2D eigenvalue weighted by molar-refractivity contribution is 6.14. The molecule has 0 saturated carbocycles. The lowest BCUT2D eigenvalue weighted by molar-refractivity contribution is -0.167. The molecular formula is C14H25NO6. The summed E-state index contributed by atoms with van der Waals surface area (Å²) in [6.45, 7) is 2.03. The summed E-state index contributed by atoms with van der Waals surface area (Å²) in [4.78, 5) is 44.6. The maximum atomic E-state index is 11.1. The van der Waals surface area contributed by atoms with Crippen molar-refractivity contribution in [2.24, 2.45) is 0 Å². The molecule has 0 N–H and O–H groups in total. The molecule has 1 aliphatic rings. The van der Waals surface area contributed by atoms with Crippen molar-refractivity contribution in [3.8, 4) is 0 Å². The number of imide groups is 1. The van der Waals surface area contributed by atoms with Gasteiger partial charge in [-0.1, -0.05) is 36.3 Å². The molecule has 0 saturated heterocycles. The van der Waals surface area contributed by atoms with Gasteiger partial charge in [0.15, 0.2) is 0 Å². The van der Waals surface area contributed by atoms with Crippen LogP contribution in [0.1, 0.15) is 29.7 Å². The predicted octanol–water partition coefficient (Wildman–Crippen LogP) is 1.69. The van der Waals surface area contributed by atoms with Gasteiger partial charge in [-0.05, 0) is 0 Å². The number of hydrogen-bond acceptors (Lipinski definition) is 6. The summed E-state index contributed by atoms with van der Waals surface area (Å²) in [7, 11) is 0. The van der Waals surface area contributed by atoms with E-state index in [1.54, 1.807) is 0 Å². The van der Waals surface area contributed by atoms with Crippen molar-refractivity contribution in [3.63, 3.8) is 0 Å². The van der Waals surface area contributed by atoms with Crippen LogP contribution in [0.4, 0.5) is 0 Å². The Kier molecular flexibility index (Phi) is 16.2. The summed E-state index contributed by atoms with van der Waals surface area (Å²) in [5.41, 5.74) is 0. The summed E-state index contributed by atoms with van der Waals surface area (Å²) in [6, 6.07) is 0. The number of rotatable bonds is 5. The van der Waals surface area contributed by atoms with Crippen LogP contribution in [0, 0.1) is 0 Å². The largest absolute Gasteiger partial charge is 0.427 e. The molecule has 0 fully saturated rings. The first kappa shape index (κ1) is 27.0. The van der Waals surface area contributed by atoms with E-state index in [4.69, 9.17) is 0 Å². The second-order valence-corrected chi connectivity index (χ2v) is 2.90. The molecule has 7 heteroatoms. The average molecular weight is 303 g/mol. The van der Waals surface area contributed by atoms with Crippen molar-refractivity contribution in [2.75, 3.05) is 13.3 Å². The van der Waals surface area contributed by atoms with E-state index in [0.29, 0.717) is 4.90 Å². The Balaban J connectivity index is -0.000000361. The number of carbonyl (C=O) groups is 4. The Hall–Kier alpha value is -2.44. The van der Waals surface area contributed by atoms with Crippen molar-refractivity contribution >= 4 is 23.8 Å². The molecule has 0 atom stereocenters. The maximum absolute atomic E-state index is 11.1. The molecule has 1 rings (SSSR count). The minimum atomic E-state index is -0.854. The predicted molar refractivity (Wildman–Crippen MR) is 80.0 cm³/mol. The first-order valence-corrected chi connectivity index (χ1v) is 4.53. The Morgan fingerprint density at radius 2 is 1.52 bits per heavy atom. The Morgan fingerprint density at radius 3 is 1.95 bits per heavy atom. The quantitative estimate of drug-likeness (QED) is 0.332. The zero-order chi connectivity index (χ0) is 12.8. The molecular weight excluding hydrogens is 278 g/mol. The normalized spacial score (nSPS) is 11.1. The first-order valence-electron chi connectivity index (χ1n) is 4.53. The van der Waals surface area contributed by atoms with Gasteiger partial charge in [-0.25, -0.2) is 4.79 Å². The highest BCUT2D eigenvalue weighted by Gasteiger charge is 2.26. The van der Waals surface area contributed by atoms with E-state index in [2.05, 4.69) is 16.1 Å². The van der Waals surface area contributed by atoms with Crippen LogP contribution in [0.25, 0.3) is 0 Å². The number of nitrogens with zero attached hydrogens (tertiary/aromatic N) is 1. The van der Waals surface area contributed by atoms with Crippen LogP contribution in [0.2, 0.25) is 0 Å². The Morgan fingerprint density at radius 1 is 1.05 bits per heavy atom. The molecule has 0 spiro atoms. The Labute approximate surface area is 126 Å². The van der Waals surface area contributed by atoms with Gasteiger partial charge in [0, 0.05) is 18.2 Å². The van der Waals surface area contributed by atoms with E-state index in [0.717, 1.165) is 18.2 Å². The summed E-state index contributed by atoms with van der Waals surface area (Å²) in [6.07, 6.45) is 3.01. The standard InChI is InChI=1S/C10H9NO6.4CH4/c1-2-9(14)16-6-17-10(15)5-11-7(12)3-4-8(11)13;;;;/h2-4H,1,5-6H2;4*1H4. The molecule has 0 bridgehead atoms. The van der Waals surface area contributed by atoms with Crippen LogP contribution in [0.3, 0.4) is 0 Å². The van der Waals surface area contributed by atoms with Crippen molar-refractivity contribution in [2.45, 2.75) is 29.7 Å². The molecule has 1 aliphatic heterocycles. The second-order valence-electron chi connectivity index (χ2n) is 2.90. The van der Waals surface area contributed by atoms with Crippen molar-refractivity contribution in [1.82, 2.24) is 4.90 Å². The van der Waals surface area contributed by atoms with E-state index < -0.39 is 37.1 Å². The van der Waals surface area contributed by atoms with Crippen LogP contribution in [-0.2, 0) is 28.7 Å². The topological polar surface area (TPSA) is 90.0 Å². The number of ether oxygens (including phenoxy) is 2. The van der Waals surface area contributed by atoms with Crippen LogP contribution in [0.15, 0.2) is 24.8 Å². The molecule has 2 amide bonds. The molecule has 0 aromatic carbocycles. The van der Waals surface area contributed by atoms with Gasteiger partial charge in [0.05, 0.1) is 0 Å². The van der Waals surface area contributed by atoms with Crippen LogP contribution in [-0.4, -0.2) is 42.0 Å². The number of hydrogen-bond donors (Lipinski definition) is 0. The van der Waals surface area contributed by atoms with Crippen molar-refractivity contribution in [1.29, 1.82) is 0 Å². The summed E-state index contributed by atoms with van der Waals surface area (Å²) in [5.74, 6) is -2.77. The number of esters is 2. The van der Waals surface area contributed by atoms with Crippen molar-refractivity contribution < 1.29 is 28.7 Å². The van der Waals surface area contributed by atoms with Gasteiger partial charge in [0.25, 0.3) is 11.8 Å². The fraction of sp³-hybridized carbons (Fsp3) is 0.429. The lowest BCUT2D eigenvalue weighted by atomic mass is 10.5. The van der Waals surface area contributed by atoms with E-state index in [9.17, 15) is 19.2 Å². The molecule has 7 nitrogen and oxygen atoms in total. The SMILES string of the molecule is C.C.C.C.C=CC(=O)OCOC(=O)CN1C(=O)C=CC1=O. The third kappa shape index (κ3) is 8.35. The third-order valence-electron chi connectivity index (χ3n) is 1.78. The molecule has 21 heavy (non-hydrogen) atoms. The molecule has 0 radical (unpaired) electrons. The van der Waals surface area contributed by atoms with Gasteiger partial charge < -0.3 is 9.47 Å². The highest BCUT2D eigenvalue weighted by atomic mass is 16.7. The Bertz CT molecular complexity index is 396. The van der Waals surface area contributed by atoms with E-state index in [1.165, 1.54) is 0 Å². The van der Waals surface area contributed by atoms with Crippen LogP contribution < -0.4 is 0 Å². The van der Waals surface area contributed by atoms with Gasteiger partial charge in [0.2, 0.25) is 6.79 Å². The van der Waals surface area contributed by atoms with E-state index in [-0.39, 0.29) is 29.7 Å². The van der Waals surface area contributed by atoms with Gasteiger partial charge in [-0.2, -0.15) is 0 Å². The summed E-state index contributed by atoms with van der Waals surface area (Å²) < 4.78 is 8.85. The lowest BCUT2D eigenvalue weighted by Gasteiger charge is -2.12. The third-order valence-corrected chi connectivity index (χ3v) is 1.78. The molecule has 0 unspecified atom stereocenters. The van der Waals surface area contributed by atoms with Gasteiger partial charge >= 0.3 is 11.9 Å². The summed E-state index contributed by atoms with van der Waals surface area (Å²) in [5, 5.41) is 0. The van der Waals surface area contributed by atoms with Gasteiger partial charge in [-0.3, -0.25) is 19.3 Å². The van der Waals surface area contributed by atoms with Gasteiger partial charge in [-0.15, -0.1) is 0 Å². The average Bonchev–Trinajstić information content (AvgIpc) is 2.60. The molecule has 0 aromatic heterocycles. The smallest absolute Gasteiger partial charge is 0.333 e. The van der Waals surface area contributed by atoms with Gasteiger partial charge in [0.1, 0.15) is 6.54 Å². The zero-order valence-corrected chi connectivity index (χ0v) is 8.75. The number of carbonyl (C=O) groups excluding carboxylic acids is 4. The van der Waals surface area contributed by atoms with Crippen LogP contribution >= 0.6 is 0 Å². The molecule has 0 aliphatic carbocycles. The zero-order valence-electron chi connectivity index (χ0n) is 8.75. The van der Waals surface area contributed by atoms with E-state index in [1.807, 2.05) is 0 Å².